The maximum atomic E-state index is 14.0. The molecule has 2 heterocycles. The Morgan fingerprint density at radius 3 is 2.49 bits per heavy atom. The maximum absolute atomic E-state index is 14.0. The molecule has 0 bridgehead atoms. The average Bonchev–Trinajstić information content (AvgIpc) is 3.07. The van der Waals surface area contributed by atoms with Gasteiger partial charge >= 0.3 is 12.5 Å². The summed E-state index contributed by atoms with van der Waals surface area (Å²) in [5, 5.41) is 3.43. The summed E-state index contributed by atoms with van der Waals surface area (Å²) in [6.07, 6.45) is 2.78. The quantitative estimate of drug-likeness (QED) is 0.236. The second-order valence-corrected chi connectivity index (χ2v) is 13.4. The molecule has 4 aromatic rings. The molecule has 0 saturated heterocycles. The molecule has 0 spiro atoms. The molecule has 1 N–H and O–H groups in total. The van der Waals surface area contributed by atoms with E-state index in [1.54, 1.807) is 30.3 Å². The molecule has 0 radical (unpaired) electrons. The van der Waals surface area contributed by atoms with E-state index in [-0.39, 0.29) is 35.3 Å². The van der Waals surface area contributed by atoms with Crippen molar-refractivity contribution < 1.29 is 36.0 Å². The van der Waals surface area contributed by atoms with Crippen LogP contribution in [0.25, 0.3) is 0 Å². The lowest BCUT2D eigenvalue weighted by molar-refractivity contribution is -0.299. The molecular formula is C33H36F3N6O4S+. The van der Waals surface area contributed by atoms with Gasteiger partial charge in [-0.15, -0.1) is 0 Å². The van der Waals surface area contributed by atoms with Gasteiger partial charge in [0.25, 0.3) is 15.8 Å². The minimum atomic E-state index is -4.39. The maximum Gasteiger partial charge on any atom is 0.416 e. The van der Waals surface area contributed by atoms with Crippen LogP contribution in [0.1, 0.15) is 41.9 Å². The minimum Gasteiger partial charge on any atom is -0.497 e. The molecule has 2 aromatic heterocycles. The van der Waals surface area contributed by atoms with Crippen molar-refractivity contribution in [2.24, 2.45) is 0 Å². The van der Waals surface area contributed by atoms with Crippen molar-refractivity contribution in [2.45, 2.75) is 54.9 Å². The molecule has 14 heteroatoms. The van der Waals surface area contributed by atoms with Gasteiger partial charge in [-0.1, -0.05) is 18.2 Å². The number of likely N-dealkylation sites (N-methyl/N-ethyl adjacent to an activating group) is 1. The summed E-state index contributed by atoms with van der Waals surface area (Å²) in [6, 6.07) is 15.1. The zero-order valence-corrected chi connectivity index (χ0v) is 27.2. The number of hydrogen-bond donors (Lipinski definition) is 1. The van der Waals surface area contributed by atoms with Crippen LogP contribution in [0.5, 0.6) is 11.5 Å². The number of benzene rings is 2. The molecule has 5 rings (SSSR count). The summed E-state index contributed by atoms with van der Waals surface area (Å²) in [4.78, 5) is 14.4. The fourth-order valence-corrected chi connectivity index (χ4v) is 7.24. The molecule has 3 atom stereocenters. The number of sulfonamides is 1. The highest BCUT2D eigenvalue weighted by Gasteiger charge is 2.36. The Balaban J connectivity index is 1.35. The van der Waals surface area contributed by atoms with Gasteiger partial charge in [-0.3, -0.25) is 0 Å². The number of hydrogen-bond acceptors (Lipinski definition) is 8. The smallest absolute Gasteiger partial charge is 0.416 e. The van der Waals surface area contributed by atoms with Crippen LogP contribution in [0.15, 0.2) is 78.1 Å². The molecule has 1 unspecified atom stereocenters. The number of nitrogens with one attached hydrogen (secondary N) is 1. The lowest BCUT2D eigenvalue weighted by Gasteiger charge is -2.40. The van der Waals surface area contributed by atoms with Crippen LogP contribution >= 0.6 is 0 Å². The van der Waals surface area contributed by atoms with E-state index in [1.807, 2.05) is 14.1 Å². The standard InChI is InChI=1S/C33H36F3N6O4S/c1-41(2)29-17-23(22-6-5-7-25(16-22)33(34,35)36)9-12-28(29)40-31-13-11-27(19-38-31)47(43,44)42(32-14-15-37-21-39-32)20-24-8-10-26(45-3)18-30(24)46-4/h5-8,10-11,13-14,16,18-19,21,23,28-29H,9,12,17,20H2,1-4H3,(H,38,40)/q+1/t23-,28?,29-/m0/s1. The summed E-state index contributed by atoms with van der Waals surface area (Å²) < 4.78 is 80.0. The normalized spacial score (nSPS) is 18.3. The summed E-state index contributed by atoms with van der Waals surface area (Å²) >= 11 is 0. The van der Waals surface area contributed by atoms with Crippen molar-refractivity contribution in [2.75, 3.05) is 37.9 Å². The Morgan fingerprint density at radius 2 is 1.85 bits per heavy atom. The van der Waals surface area contributed by atoms with Crippen molar-refractivity contribution in [3.05, 3.63) is 96.1 Å². The molecular weight excluding hydrogens is 633 g/mol. The van der Waals surface area contributed by atoms with Gasteiger partial charge in [-0.2, -0.15) is 18.2 Å². The summed E-state index contributed by atoms with van der Waals surface area (Å²) in [7, 11) is 2.73. The highest BCUT2D eigenvalue weighted by Crippen LogP contribution is 2.38. The van der Waals surface area contributed by atoms with E-state index in [4.69, 9.17) is 9.47 Å². The fraction of sp³-hybridized carbons (Fsp3) is 0.364. The van der Waals surface area contributed by atoms with Crippen LogP contribution < -0.4 is 24.1 Å². The number of rotatable bonds is 11. The van der Waals surface area contributed by atoms with Crippen molar-refractivity contribution in [3.63, 3.8) is 0 Å². The van der Waals surface area contributed by atoms with Crippen LogP contribution in [-0.2, 0) is 22.7 Å². The molecule has 0 amide bonds. The predicted molar refractivity (Wildman–Crippen MR) is 169 cm³/mol. The number of halogens is 3. The Bertz CT molecular complexity index is 1760. The first-order chi connectivity index (χ1) is 22.4. The number of aromatic nitrogens is 3. The van der Waals surface area contributed by atoms with Crippen LogP contribution in [-0.4, -0.2) is 63.7 Å². The molecule has 1 saturated carbocycles. The van der Waals surface area contributed by atoms with E-state index < -0.39 is 21.8 Å². The minimum absolute atomic E-state index is 0.00233. The van der Waals surface area contributed by atoms with Gasteiger partial charge < -0.3 is 19.7 Å². The van der Waals surface area contributed by atoms with Gasteiger partial charge in [-0.05, 0) is 80.2 Å². The van der Waals surface area contributed by atoms with Crippen molar-refractivity contribution in [1.29, 1.82) is 0 Å². The van der Waals surface area contributed by atoms with Gasteiger partial charge in [0.05, 0.1) is 26.3 Å². The molecule has 10 nitrogen and oxygen atoms in total. The Kier molecular flexibility index (Phi) is 10.1. The number of anilines is 2. The van der Waals surface area contributed by atoms with E-state index in [0.717, 1.165) is 10.4 Å². The van der Waals surface area contributed by atoms with E-state index >= 15 is 0 Å². The third-order valence-corrected chi connectivity index (χ3v) is 10.1. The van der Waals surface area contributed by atoms with E-state index in [0.29, 0.717) is 47.7 Å². The molecule has 1 fully saturated rings. The first-order valence-electron chi connectivity index (χ1n) is 14.9. The average molecular weight is 670 g/mol. The molecule has 47 heavy (non-hydrogen) atoms. The van der Waals surface area contributed by atoms with E-state index in [2.05, 4.69) is 31.4 Å². The highest BCUT2D eigenvalue weighted by atomic mass is 32.2. The van der Waals surface area contributed by atoms with Crippen molar-refractivity contribution in [1.82, 2.24) is 14.9 Å². The van der Waals surface area contributed by atoms with Crippen molar-refractivity contribution >= 4 is 21.7 Å². The molecule has 2 aromatic carbocycles. The van der Waals surface area contributed by atoms with Gasteiger partial charge in [0, 0.05) is 29.9 Å². The summed E-state index contributed by atoms with van der Waals surface area (Å²) in [5.41, 5.74) is 0.614. The Hall–Kier alpha value is -4.61. The second kappa shape index (κ2) is 14.0. The second-order valence-electron chi connectivity index (χ2n) is 11.5. The lowest BCUT2D eigenvalue weighted by atomic mass is 9.78. The van der Waals surface area contributed by atoms with E-state index in [9.17, 15) is 21.6 Å². The molecule has 1 aliphatic carbocycles. The summed E-state index contributed by atoms with van der Waals surface area (Å²) in [6.45, 7) is -0.0972. The molecule has 1 aliphatic rings. The Morgan fingerprint density at radius 1 is 1.04 bits per heavy atom. The largest absolute Gasteiger partial charge is 0.497 e. The number of alkyl halides is 3. The zero-order valence-electron chi connectivity index (χ0n) is 26.4. The van der Waals surface area contributed by atoms with Gasteiger partial charge in [0.15, 0.2) is 6.20 Å². The highest BCUT2D eigenvalue weighted by molar-refractivity contribution is 7.92. The van der Waals surface area contributed by atoms with Gasteiger partial charge in [0.1, 0.15) is 28.3 Å². The third kappa shape index (κ3) is 7.69. The molecule has 248 valence electrons. The number of pyridine rings is 1. The first kappa shape index (κ1) is 33.7. The van der Waals surface area contributed by atoms with Crippen molar-refractivity contribution in [3.8, 4) is 11.5 Å². The van der Waals surface area contributed by atoms with Gasteiger partial charge in [0.2, 0.25) is 0 Å². The Labute approximate surface area is 272 Å². The zero-order chi connectivity index (χ0) is 33.8. The van der Waals surface area contributed by atoms with Crippen LogP contribution in [0, 0.1) is 6.20 Å². The number of methoxy groups -OCH3 is 2. The predicted octanol–water partition coefficient (Wildman–Crippen LogP) is 4.99. The SMILES string of the molecule is COc1ccc(CN(c2cc#[n+]cn2)S(=O)(=O)c2ccc(NC3CC[C@H](c4cccc(C(F)(F)F)c4)C[C@@H]3N(C)C)nc2)c(OC)c1. The number of ether oxygens (including phenoxy) is 2. The van der Waals surface area contributed by atoms with Crippen LogP contribution in [0.2, 0.25) is 0 Å². The third-order valence-electron chi connectivity index (χ3n) is 8.40. The first-order valence-corrected chi connectivity index (χ1v) is 16.3. The summed E-state index contributed by atoms with van der Waals surface area (Å²) in [5.74, 6) is 1.57. The van der Waals surface area contributed by atoms with E-state index in [1.165, 1.54) is 51.0 Å². The van der Waals surface area contributed by atoms with Crippen LogP contribution in [0.3, 0.4) is 0 Å². The molecule has 0 aliphatic heterocycles. The topological polar surface area (TPSA) is 111 Å². The lowest BCUT2D eigenvalue weighted by Crippen LogP contribution is -2.47. The monoisotopic (exact) mass is 669 g/mol. The van der Waals surface area contributed by atoms with Gasteiger partial charge in [-0.25, -0.2) is 17.7 Å². The fourth-order valence-electron chi connectivity index (χ4n) is 5.91. The van der Waals surface area contributed by atoms with Crippen LogP contribution in [0.4, 0.5) is 24.8 Å². The number of nitrogens with zero attached hydrogens (tertiary/aromatic N) is 5.